The number of hydrogen-bond acceptors (Lipinski definition) is 4. The molecule has 0 atom stereocenters. The van der Waals surface area contributed by atoms with Crippen LogP contribution in [-0.2, 0) is 15.3 Å². The highest BCUT2D eigenvalue weighted by molar-refractivity contribution is 14.1. The van der Waals surface area contributed by atoms with Gasteiger partial charge >= 0.3 is 0 Å². The van der Waals surface area contributed by atoms with E-state index in [2.05, 4.69) is 46.9 Å². The van der Waals surface area contributed by atoms with Crippen LogP contribution in [0.4, 0.5) is 8.78 Å². The van der Waals surface area contributed by atoms with E-state index in [1.165, 1.54) is 24.3 Å². The standard InChI is InChI=1S/C30H25F2IO4/c1-34-27-15-21(16-28(35-2)29(27)33)19-3-5-20(6-4-19)22-17-36-30(37-18-22,23-7-11-25(31)12-8-23)24-9-13-26(32)14-10-24/h3-16,22H,17-18H2,1-2H3. The van der Waals surface area contributed by atoms with Gasteiger partial charge in [0, 0.05) is 17.0 Å². The normalized spacial score (nSPS) is 15.4. The average molecular weight is 614 g/mol. The summed E-state index contributed by atoms with van der Waals surface area (Å²) < 4.78 is 52.0. The summed E-state index contributed by atoms with van der Waals surface area (Å²) in [7, 11) is 3.29. The molecule has 0 spiro atoms. The third-order valence-electron chi connectivity index (χ3n) is 6.59. The van der Waals surface area contributed by atoms with Crippen molar-refractivity contribution >= 4 is 22.6 Å². The quantitative estimate of drug-likeness (QED) is 0.214. The van der Waals surface area contributed by atoms with Gasteiger partial charge in [0.15, 0.2) is 0 Å². The Labute approximate surface area is 228 Å². The van der Waals surface area contributed by atoms with Gasteiger partial charge in [-0.25, -0.2) is 8.78 Å². The fourth-order valence-corrected chi connectivity index (χ4v) is 5.29. The Bertz CT molecular complexity index is 1290. The maximum atomic E-state index is 13.6. The molecule has 1 aliphatic rings. The first kappa shape index (κ1) is 25.6. The summed E-state index contributed by atoms with van der Waals surface area (Å²) in [4.78, 5) is 0. The summed E-state index contributed by atoms with van der Waals surface area (Å²) in [6.07, 6.45) is 0. The summed E-state index contributed by atoms with van der Waals surface area (Å²) in [5.74, 6) is -0.446. The van der Waals surface area contributed by atoms with Crippen molar-refractivity contribution in [3.05, 3.63) is 117 Å². The van der Waals surface area contributed by atoms with Crippen molar-refractivity contribution in [3.63, 3.8) is 0 Å². The molecule has 1 aliphatic heterocycles. The van der Waals surface area contributed by atoms with Crippen molar-refractivity contribution in [3.8, 4) is 22.6 Å². The van der Waals surface area contributed by atoms with E-state index in [9.17, 15) is 8.78 Å². The van der Waals surface area contributed by atoms with Gasteiger partial charge in [0.1, 0.15) is 23.1 Å². The van der Waals surface area contributed by atoms with E-state index < -0.39 is 5.79 Å². The highest BCUT2D eigenvalue weighted by Crippen LogP contribution is 2.41. The Hall–Kier alpha value is -3.01. The van der Waals surface area contributed by atoms with E-state index in [0.717, 1.165) is 31.8 Å². The van der Waals surface area contributed by atoms with Gasteiger partial charge in [-0.2, -0.15) is 0 Å². The van der Waals surface area contributed by atoms with Gasteiger partial charge in [0.05, 0.1) is 31.0 Å². The van der Waals surface area contributed by atoms with Crippen molar-refractivity contribution in [1.82, 2.24) is 0 Å². The Morgan fingerprint density at radius 3 is 1.59 bits per heavy atom. The molecule has 7 heteroatoms. The molecular weight excluding hydrogens is 589 g/mol. The molecular formula is C30H25F2IO4. The minimum absolute atomic E-state index is 0.0103. The third kappa shape index (κ3) is 5.08. The number of ether oxygens (including phenoxy) is 4. The summed E-state index contributed by atoms with van der Waals surface area (Å²) >= 11 is 2.21. The molecule has 0 aliphatic carbocycles. The van der Waals surface area contributed by atoms with E-state index >= 15 is 0 Å². The van der Waals surface area contributed by atoms with E-state index in [4.69, 9.17) is 18.9 Å². The van der Waals surface area contributed by atoms with Gasteiger partial charge in [-0.05, 0) is 75.7 Å². The van der Waals surface area contributed by atoms with Crippen LogP contribution in [0.1, 0.15) is 22.6 Å². The first-order valence-corrected chi connectivity index (χ1v) is 12.8. The van der Waals surface area contributed by atoms with Gasteiger partial charge in [-0.15, -0.1) is 0 Å². The van der Waals surface area contributed by atoms with Crippen LogP contribution >= 0.6 is 22.6 Å². The fraction of sp³-hybridized carbons (Fsp3) is 0.200. The number of hydrogen-bond donors (Lipinski definition) is 0. The molecule has 0 radical (unpaired) electrons. The smallest absolute Gasteiger partial charge is 0.222 e. The van der Waals surface area contributed by atoms with E-state index in [0.29, 0.717) is 24.3 Å². The molecule has 0 unspecified atom stereocenters. The molecule has 0 bridgehead atoms. The van der Waals surface area contributed by atoms with Gasteiger partial charge in [0.25, 0.3) is 0 Å². The van der Waals surface area contributed by atoms with Crippen molar-refractivity contribution in [2.24, 2.45) is 0 Å². The number of methoxy groups -OCH3 is 2. The maximum Gasteiger partial charge on any atom is 0.222 e. The number of halogens is 3. The lowest BCUT2D eigenvalue weighted by Crippen LogP contribution is -2.42. The van der Waals surface area contributed by atoms with E-state index in [1.807, 2.05) is 12.1 Å². The highest BCUT2D eigenvalue weighted by atomic mass is 127. The number of rotatable bonds is 6. The molecule has 0 saturated carbocycles. The Morgan fingerprint density at radius 2 is 1.16 bits per heavy atom. The maximum absolute atomic E-state index is 13.6. The van der Waals surface area contributed by atoms with Crippen molar-refractivity contribution in [2.75, 3.05) is 27.4 Å². The molecule has 190 valence electrons. The minimum atomic E-state index is -1.24. The molecule has 0 amide bonds. The molecule has 1 fully saturated rings. The second-order valence-corrected chi connectivity index (χ2v) is 9.84. The van der Waals surface area contributed by atoms with Crippen LogP contribution in [0.5, 0.6) is 11.5 Å². The number of benzene rings is 4. The predicted molar refractivity (Wildman–Crippen MR) is 146 cm³/mol. The van der Waals surface area contributed by atoms with Crippen molar-refractivity contribution < 1.29 is 27.7 Å². The van der Waals surface area contributed by atoms with Crippen LogP contribution in [0, 0.1) is 15.2 Å². The van der Waals surface area contributed by atoms with Crippen LogP contribution < -0.4 is 9.47 Å². The molecule has 4 nitrogen and oxygen atoms in total. The van der Waals surface area contributed by atoms with Crippen LogP contribution in [0.2, 0.25) is 0 Å². The fourth-order valence-electron chi connectivity index (χ4n) is 4.54. The largest absolute Gasteiger partial charge is 0.495 e. The summed E-state index contributed by atoms with van der Waals surface area (Å²) in [5.41, 5.74) is 4.39. The zero-order chi connectivity index (χ0) is 26.0. The molecule has 1 saturated heterocycles. The SMILES string of the molecule is COc1cc(-c2ccc(C3COC(c4ccc(F)cc4)(c4ccc(F)cc4)OC3)cc2)cc(OC)c1I. The van der Waals surface area contributed by atoms with Crippen molar-refractivity contribution in [1.29, 1.82) is 0 Å². The van der Waals surface area contributed by atoms with Crippen LogP contribution in [0.25, 0.3) is 11.1 Å². The van der Waals surface area contributed by atoms with Gasteiger partial charge in [-0.3, -0.25) is 0 Å². The lowest BCUT2D eigenvalue weighted by Gasteiger charge is -2.41. The molecule has 4 aromatic carbocycles. The molecule has 0 N–H and O–H groups in total. The highest BCUT2D eigenvalue weighted by Gasteiger charge is 2.41. The second-order valence-electron chi connectivity index (χ2n) is 8.77. The molecule has 1 heterocycles. The van der Waals surface area contributed by atoms with Crippen molar-refractivity contribution in [2.45, 2.75) is 11.7 Å². The second kappa shape index (κ2) is 10.8. The zero-order valence-electron chi connectivity index (χ0n) is 20.3. The first-order valence-electron chi connectivity index (χ1n) is 11.8. The third-order valence-corrected chi connectivity index (χ3v) is 7.65. The van der Waals surface area contributed by atoms with Crippen LogP contribution in [-0.4, -0.2) is 27.4 Å². The summed E-state index contributed by atoms with van der Waals surface area (Å²) in [6, 6.07) is 24.2. The Balaban J connectivity index is 1.39. The van der Waals surface area contributed by atoms with E-state index in [-0.39, 0.29) is 17.6 Å². The predicted octanol–water partition coefficient (Wildman–Crippen LogP) is 7.29. The van der Waals surface area contributed by atoms with Gasteiger partial charge < -0.3 is 18.9 Å². The van der Waals surface area contributed by atoms with Gasteiger partial charge in [-0.1, -0.05) is 48.5 Å². The molecule has 37 heavy (non-hydrogen) atoms. The summed E-state index contributed by atoms with van der Waals surface area (Å²) in [6.45, 7) is 0.749. The zero-order valence-corrected chi connectivity index (χ0v) is 22.5. The monoisotopic (exact) mass is 614 g/mol. The minimum Gasteiger partial charge on any atom is -0.495 e. The Morgan fingerprint density at radius 1 is 0.703 bits per heavy atom. The van der Waals surface area contributed by atoms with Crippen LogP contribution in [0.15, 0.2) is 84.9 Å². The topological polar surface area (TPSA) is 36.9 Å². The molecule has 0 aromatic heterocycles. The van der Waals surface area contributed by atoms with Gasteiger partial charge in [0.2, 0.25) is 5.79 Å². The van der Waals surface area contributed by atoms with E-state index in [1.54, 1.807) is 38.5 Å². The molecule has 5 rings (SSSR count). The van der Waals surface area contributed by atoms with Crippen LogP contribution in [0.3, 0.4) is 0 Å². The lowest BCUT2D eigenvalue weighted by molar-refractivity contribution is -0.256. The molecule has 4 aromatic rings. The first-order chi connectivity index (χ1) is 17.9. The lowest BCUT2D eigenvalue weighted by atomic mass is 9.92. The average Bonchev–Trinajstić information content (AvgIpc) is 2.94. The summed E-state index contributed by atoms with van der Waals surface area (Å²) in [5, 5.41) is 0. The Kier molecular flexibility index (Phi) is 7.46.